The van der Waals surface area contributed by atoms with Gasteiger partial charge in [-0.05, 0) is 31.9 Å². The van der Waals surface area contributed by atoms with Crippen LogP contribution in [0.15, 0.2) is 17.2 Å². The van der Waals surface area contributed by atoms with E-state index in [4.69, 9.17) is 16.9 Å². The van der Waals surface area contributed by atoms with Crippen LogP contribution < -0.4 is 22.1 Å². The molecule has 1 aromatic heterocycles. The summed E-state index contributed by atoms with van der Waals surface area (Å²) in [5.41, 5.74) is 0.194. The number of hydrogen-bond acceptors (Lipinski definition) is 6. The molecule has 4 N–H and O–H groups in total. The summed E-state index contributed by atoms with van der Waals surface area (Å²) in [4.78, 5) is 3.27. The summed E-state index contributed by atoms with van der Waals surface area (Å²) in [5, 5.41) is 16.8. The molecule has 7 heteroatoms. The Bertz CT molecular complexity index is 531. The molecular formula is C11H17N7. The third-order valence-electron chi connectivity index (χ3n) is 3.42. The van der Waals surface area contributed by atoms with Crippen LogP contribution in [0.5, 0.6) is 0 Å². The smallest absolute Gasteiger partial charge is 0.190 e. The van der Waals surface area contributed by atoms with E-state index >= 15 is 0 Å². The van der Waals surface area contributed by atoms with Gasteiger partial charge in [-0.25, -0.2) is 0 Å². The Morgan fingerprint density at radius 1 is 1.44 bits per heavy atom. The first-order valence-corrected chi connectivity index (χ1v) is 5.83. The molecule has 0 aliphatic carbocycles. The molecule has 96 valence electrons. The van der Waals surface area contributed by atoms with Crippen LogP contribution in [0.4, 0.5) is 5.82 Å². The van der Waals surface area contributed by atoms with Crippen LogP contribution in [0.2, 0.25) is 0 Å². The highest BCUT2D eigenvalue weighted by molar-refractivity contribution is 5.37. The zero-order valence-electron chi connectivity index (χ0n) is 10.4. The first-order chi connectivity index (χ1) is 8.58. The largest absolute Gasteiger partial charge is 0.355 e. The molecule has 0 aromatic carbocycles. The molecule has 0 saturated carbocycles. The van der Waals surface area contributed by atoms with Gasteiger partial charge >= 0.3 is 0 Å². The molecule has 1 aromatic rings. The third kappa shape index (κ3) is 2.22. The fraction of sp³-hybridized carbons (Fsp3) is 0.545. The number of rotatable bonds is 1. The molecule has 1 saturated heterocycles. The molecule has 1 fully saturated rings. The molecule has 0 bridgehead atoms. The van der Waals surface area contributed by atoms with Crippen molar-refractivity contribution in [3.8, 4) is 6.07 Å². The molecule has 0 unspecified atom stereocenters. The van der Waals surface area contributed by atoms with E-state index in [1.807, 2.05) is 13.0 Å². The van der Waals surface area contributed by atoms with Gasteiger partial charge in [0.15, 0.2) is 11.3 Å². The van der Waals surface area contributed by atoms with Gasteiger partial charge in [-0.3, -0.25) is 0 Å². The van der Waals surface area contributed by atoms with Crippen LogP contribution in [-0.4, -0.2) is 23.0 Å². The summed E-state index contributed by atoms with van der Waals surface area (Å²) in [6.07, 6.45) is 1.66. The molecule has 0 radical (unpaired) electrons. The highest BCUT2D eigenvalue weighted by atomic mass is 15.5. The molecule has 18 heavy (non-hydrogen) atoms. The summed E-state index contributed by atoms with van der Waals surface area (Å²) in [7, 11) is 0. The fourth-order valence-electron chi connectivity index (χ4n) is 2.03. The van der Waals surface area contributed by atoms with Gasteiger partial charge in [0, 0.05) is 13.1 Å². The first kappa shape index (κ1) is 12.2. The van der Waals surface area contributed by atoms with Crippen molar-refractivity contribution in [1.29, 1.82) is 5.26 Å². The Hall–Kier alpha value is -2.23. The lowest BCUT2D eigenvalue weighted by Gasteiger charge is -2.35. The van der Waals surface area contributed by atoms with Crippen molar-refractivity contribution in [1.82, 2.24) is 9.89 Å². The average molecular weight is 247 g/mol. The maximum Gasteiger partial charge on any atom is 0.190 e. The third-order valence-corrected chi connectivity index (χ3v) is 3.42. The lowest BCUT2D eigenvalue weighted by atomic mass is 9.82. The maximum atomic E-state index is 9.08. The molecule has 0 atom stereocenters. The van der Waals surface area contributed by atoms with E-state index < -0.39 is 0 Å². The number of aromatic nitrogens is 2. The van der Waals surface area contributed by atoms with Crippen molar-refractivity contribution in [3.05, 3.63) is 17.6 Å². The minimum absolute atomic E-state index is 0.221. The number of hydrogen-bond donors (Lipinski definition) is 2. The van der Waals surface area contributed by atoms with Gasteiger partial charge in [0.1, 0.15) is 0 Å². The quantitative estimate of drug-likeness (QED) is 0.513. The first-order valence-electron chi connectivity index (χ1n) is 5.83. The van der Waals surface area contributed by atoms with E-state index in [0.717, 1.165) is 36.5 Å². The second-order valence-electron chi connectivity index (χ2n) is 4.78. The van der Waals surface area contributed by atoms with E-state index in [9.17, 15) is 0 Å². The Morgan fingerprint density at radius 3 is 2.61 bits per heavy atom. The summed E-state index contributed by atoms with van der Waals surface area (Å²) in [5.74, 6) is 11.6. The van der Waals surface area contributed by atoms with Gasteiger partial charge < -0.3 is 16.6 Å². The van der Waals surface area contributed by atoms with Crippen LogP contribution in [-0.2, 0) is 0 Å². The fourth-order valence-corrected chi connectivity index (χ4v) is 2.03. The SMILES string of the molecule is CC1(C#N)CCN(c2cc/c(=N/N)n(N)n2)CC1. The topological polar surface area (TPSA) is 109 Å². The summed E-state index contributed by atoms with van der Waals surface area (Å²) < 4.78 is 0. The lowest BCUT2D eigenvalue weighted by molar-refractivity contribution is 0.335. The van der Waals surface area contributed by atoms with Crippen molar-refractivity contribution in [2.75, 3.05) is 23.8 Å². The van der Waals surface area contributed by atoms with Crippen molar-refractivity contribution in [2.24, 2.45) is 16.4 Å². The standard InChI is InChI=1S/C11H17N7/c1-11(8-12)4-6-17(7-5-11)10-3-2-9(15-13)18(14)16-10/h2-3H,4-7,13-14H2,1H3/b15-9-. The second kappa shape index (κ2) is 4.56. The zero-order chi connectivity index (χ0) is 13.2. The Labute approximate surface area is 105 Å². The number of nitriles is 1. The molecule has 0 amide bonds. The van der Waals surface area contributed by atoms with Crippen molar-refractivity contribution in [2.45, 2.75) is 19.8 Å². The van der Waals surface area contributed by atoms with Crippen LogP contribution in [0, 0.1) is 16.7 Å². The minimum Gasteiger partial charge on any atom is -0.355 e. The number of anilines is 1. The Balaban J connectivity index is 2.16. The van der Waals surface area contributed by atoms with E-state index in [0.29, 0.717) is 5.49 Å². The number of piperidine rings is 1. The monoisotopic (exact) mass is 247 g/mol. The zero-order valence-corrected chi connectivity index (χ0v) is 10.4. The van der Waals surface area contributed by atoms with Gasteiger partial charge in [0.2, 0.25) is 0 Å². The minimum atomic E-state index is -0.221. The van der Waals surface area contributed by atoms with Gasteiger partial charge in [-0.1, -0.05) is 0 Å². The van der Waals surface area contributed by atoms with E-state index in [2.05, 4.69) is 21.2 Å². The van der Waals surface area contributed by atoms with Gasteiger partial charge in [-0.15, -0.1) is 5.10 Å². The molecular weight excluding hydrogens is 230 g/mol. The normalized spacial score (nSPS) is 19.6. The molecule has 0 spiro atoms. The van der Waals surface area contributed by atoms with Gasteiger partial charge in [-0.2, -0.15) is 15.2 Å². The van der Waals surface area contributed by atoms with Crippen molar-refractivity contribution >= 4 is 5.82 Å². The number of nitrogens with zero attached hydrogens (tertiary/aromatic N) is 5. The predicted octanol–water partition coefficient (Wildman–Crippen LogP) is -0.499. The number of nitrogens with two attached hydrogens (primary N) is 2. The van der Waals surface area contributed by atoms with E-state index in [1.165, 1.54) is 0 Å². The second-order valence-corrected chi connectivity index (χ2v) is 4.78. The molecule has 2 rings (SSSR count). The average Bonchev–Trinajstić information content (AvgIpc) is 2.39. The van der Waals surface area contributed by atoms with Gasteiger partial charge in [0.25, 0.3) is 0 Å². The van der Waals surface area contributed by atoms with Crippen molar-refractivity contribution in [3.63, 3.8) is 0 Å². The lowest BCUT2D eigenvalue weighted by Crippen LogP contribution is -2.40. The summed E-state index contributed by atoms with van der Waals surface area (Å²) in [6, 6.07) is 5.93. The van der Waals surface area contributed by atoms with Crippen LogP contribution in [0.1, 0.15) is 19.8 Å². The number of nitrogen functional groups attached to an aromatic ring is 1. The maximum absolute atomic E-state index is 9.08. The van der Waals surface area contributed by atoms with Crippen LogP contribution >= 0.6 is 0 Å². The summed E-state index contributed by atoms with van der Waals surface area (Å²) in [6.45, 7) is 3.60. The van der Waals surface area contributed by atoms with Crippen molar-refractivity contribution < 1.29 is 0 Å². The van der Waals surface area contributed by atoms with Crippen LogP contribution in [0.25, 0.3) is 0 Å². The highest BCUT2D eigenvalue weighted by Gasteiger charge is 2.30. The molecule has 1 aliphatic rings. The van der Waals surface area contributed by atoms with Gasteiger partial charge in [0.05, 0.1) is 11.5 Å². The Kier molecular flexibility index (Phi) is 3.10. The summed E-state index contributed by atoms with van der Waals surface area (Å²) >= 11 is 0. The Morgan fingerprint density at radius 2 is 2.11 bits per heavy atom. The molecule has 1 aliphatic heterocycles. The molecule has 2 heterocycles. The van der Waals surface area contributed by atoms with E-state index in [1.54, 1.807) is 6.07 Å². The predicted molar refractivity (Wildman–Crippen MR) is 67.3 cm³/mol. The van der Waals surface area contributed by atoms with Crippen LogP contribution in [0.3, 0.4) is 0 Å². The highest BCUT2D eigenvalue weighted by Crippen LogP contribution is 2.31. The molecule has 7 nitrogen and oxygen atoms in total. The van der Waals surface area contributed by atoms with E-state index in [-0.39, 0.29) is 5.41 Å².